The molecule has 2 N–H and O–H groups in total. The molecule has 5 heteroatoms. The van der Waals surface area contributed by atoms with Gasteiger partial charge in [-0.25, -0.2) is 4.98 Å². The summed E-state index contributed by atoms with van der Waals surface area (Å²) in [5.41, 5.74) is 4.68. The van der Waals surface area contributed by atoms with Crippen LogP contribution in [0.25, 0.3) is 0 Å². The molecule has 1 amide bonds. The van der Waals surface area contributed by atoms with Crippen molar-refractivity contribution >= 4 is 5.91 Å². The van der Waals surface area contributed by atoms with Gasteiger partial charge >= 0.3 is 0 Å². The highest BCUT2D eigenvalue weighted by molar-refractivity contribution is 5.92. The Kier molecular flexibility index (Phi) is 1.65. The average molecular weight is 179 g/mol. The summed E-state index contributed by atoms with van der Waals surface area (Å²) in [4.78, 5) is 26.3. The zero-order valence-corrected chi connectivity index (χ0v) is 6.99. The lowest BCUT2D eigenvalue weighted by Crippen LogP contribution is -2.30. The van der Waals surface area contributed by atoms with E-state index in [-0.39, 0.29) is 11.1 Å². The van der Waals surface area contributed by atoms with Crippen molar-refractivity contribution in [2.24, 2.45) is 5.73 Å². The van der Waals surface area contributed by atoms with Gasteiger partial charge in [-0.05, 0) is 6.42 Å². The Balaban J connectivity index is 2.66. The Hall–Kier alpha value is -1.65. The monoisotopic (exact) mass is 179 g/mol. The Morgan fingerprint density at radius 2 is 2.38 bits per heavy atom. The number of rotatable bonds is 1. The molecule has 5 nitrogen and oxygen atoms in total. The molecule has 13 heavy (non-hydrogen) atoms. The number of amides is 1. The molecule has 0 bridgehead atoms. The SMILES string of the molecule is NC(=O)c1cnc2n(c1=O)CCC2. The van der Waals surface area contributed by atoms with Gasteiger partial charge in [0.1, 0.15) is 11.4 Å². The van der Waals surface area contributed by atoms with Crippen LogP contribution in [0.2, 0.25) is 0 Å². The maximum Gasteiger partial charge on any atom is 0.266 e. The quantitative estimate of drug-likeness (QED) is 0.618. The van der Waals surface area contributed by atoms with E-state index in [0.717, 1.165) is 18.7 Å². The standard InChI is InChI=1S/C8H9N3O2/c9-7(12)5-4-10-6-2-1-3-11(6)8(5)13/h4H,1-3H2,(H2,9,12). The van der Waals surface area contributed by atoms with E-state index in [1.54, 1.807) is 0 Å². The van der Waals surface area contributed by atoms with Gasteiger partial charge in [-0.1, -0.05) is 0 Å². The van der Waals surface area contributed by atoms with Crippen LogP contribution in [-0.2, 0) is 13.0 Å². The third-order valence-electron chi connectivity index (χ3n) is 2.18. The minimum atomic E-state index is -0.709. The van der Waals surface area contributed by atoms with Crippen LogP contribution >= 0.6 is 0 Å². The molecule has 68 valence electrons. The predicted molar refractivity (Wildman–Crippen MR) is 45.3 cm³/mol. The van der Waals surface area contributed by atoms with Crippen molar-refractivity contribution in [1.82, 2.24) is 9.55 Å². The molecule has 2 rings (SSSR count). The second kappa shape index (κ2) is 2.69. The zero-order chi connectivity index (χ0) is 9.42. The molecule has 0 aromatic carbocycles. The van der Waals surface area contributed by atoms with Gasteiger partial charge in [0, 0.05) is 19.2 Å². The largest absolute Gasteiger partial charge is 0.365 e. The highest BCUT2D eigenvalue weighted by Crippen LogP contribution is 2.08. The summed E-state index contributed by atoms with van der Waals surface area (Å²) in [6.07, 6.45) is 2.97. The molecule has 1 aromatic rings. The number of nitrogens with zero attached hydrogens (tertiary/aromatic N) is 2. The van der Waals surface area contributed by atoms with Gasteiger partial charge in [0.15, 0.2) is 0 Å². The minimum Gasteiger partial charge on any atom is -0.365 e. The summed E-state index contributed by atoms with van der Waals surface area (Å²) in [6.45, 7) is 0.641. The Morgan fingerprint density at radius 3 is 3.08 bits per heavy atom. The van der Waals surface area contributed by atoms with Gasteiger partial charge < -0.3 is 5.73 Å². The lowest BCUT2D eigenvalue weighted by atomic mass is 10.3. The lowest BCUT2D eigenvalue weighted by Gasteiger charge is -2.02. The van der Waals surface area contributed by atoms with Crippen LogP contribution < -0.4 is 11.3 Å². The van der Waals surface area contributed by atoms with Gasteiger partial charge in [-0.15, -0.1) is 0 Å². The van der Waals surface area contributed by atoms with E-state index in [1.807, 2.05) is 0 Å². The number of fused-ring (bicyclic) bond motifs is 1. The fraction of sp³-hybridized carbons (Fsp3) is 0.375. The molecule has 1 aliphatic heterocycles. The first kappa shape index (κ1) is 7.97. The first-order chi connectivity index (χ1) is 6.20. The molecule has 2 heterocycles. The van der Waals surface area contributed by atoms with Crippen LogP contribution in [0, 0.1) is 0 Å². The fourth-order valence-electron chi connectivity index (χ4n) is 1.52. The van der Waals surface area contributed by atoms with Crippen molar-refractivity contribution in [3.8, 4) is 0 Å². The van der Waals surface area contributed by atoms with Crippen molar-refractivity contribution < 1.29 is 4.79 Å². The van der Waals surface area contributed by atoms with Crippen LogP contribution in [0.1, 0.15) is 22.6 Å². The highest BCUT2D eigenvalue weighted by Gasteiger charge is 2.17. The summed E-state index contributed by atoms with van der Waals surface area (Å²) < 4.78 is 1.51. The lowest BCUT2D eigenvalue weighted by molar-refractivity contribution is 0.0998. The molecular weight excluding hydrogens is 170 g/mol. The zero-order valence-electron chi connectivity index (χ0n) is 6.99. The molecule has 0 spiro atoms. The number of aromatic nitrogens is 2. The first-order valence-corrected chi connectivity index (χ1v) is 4.08. The molecular formula is C8H9N3O2. The third-order valence-corrected chi connectivity index (χ3v) is 2.18. The van der Waals surface area contributed by atoms with Crippen molar-refractivity contribution in [3.05, 3.63) is 27.9 Å². The number of hydrogen-bond acceptors (Lipinski definition) is 3. The molecule has 0 saturated carbocycles. The van der Waals surface area contributed by atoms with Crippen LogP contribution in [0.3, 0.4) is 0 Å². The number of nitrogens with two attached hydrogens (primary N) is 1. The van der Waals surface area contributed by atoms with Crippen molar-refractivity contribution in [2.75, 3.05) is 0 Å². The number of aryl methyl sites for hydroxylation is 1. The average Bonchev–Trinajstić information content (AvgIpc) is 2.52. The van der Waals surface area contributed by atoms with E-state index < -0.39 is 5.91 Å². The summed E-state index contributed by atoms with van der Waals surface area (Å²) in [5, 5.41) is 0. The maximum atomic E-state index is 11.5. The maximum absolute atomic E-state index is 11.5. The van der Waals surface area contributed by atoms with Gasteiger partial charge in [0.05, 0.1) is 0 Å². The highest BCUT2D eigenvalue weighted by atomic mass is 16.2. The van der Waals surface area contributed by atoms with Crippen LogP contribution in [0.5, 0.6) is 0 Å². The number of hydrogen-bond donors (Lipinski definition) is 1. The number of carbonyl (C=O) groups is 1. The van der Waals surface area contributed by atoms with E-state index in [0.29, 0.717) is 6.54 Å². The van der Waals surface area contributed by atoms with E-state index in [2.05, 4.69) is 4.98 Å². The smallest absolute Gasteiger partial charge is 0.266 e. The molecule has 0 aliphatic carbocycles. The molecule has 0 saturated heterocycles. The van der Waals surface area contributed by atoms with Crippen LogP contribution in [-0.4, -0.2) is 15.5 Å². The predicted octanol–water partition coefficient (Wildman–Crippen LogP) is -0.712. The second-order valence-corrected chi connectivity index (χ2v) is 3.01. The summed E-state index contributed by atoms with van der Waals surface area (Å²) in [7, 11) is 0. The number of carbonyl (C=O) groups excluding carboxylic acids is 1. The molecule has 1 aromatic heterocycles. The summed E-state index contributed by atoms with van der Waals surface area (Å²) >= 11 is 0. The minimum absolute atomic E-state index is 0.0225. The topological polar surface area (TPSA) is 78.0 Å². The summed E-state index contributed by atoms with van der Waals surface area (Å²) in [5.74, 6) is 0.0368. The van der Waals surface area contributed by atoms with E-state index in [4.69, 9.17) is 5.73 Å². The van der Waals surface area contributed by atoms with Gasteiger partial charge in [-0.3, -0.25) is 14.2 Å². The second-order valence-electron chi connectivity index (χ2n) is 3.01. The Morgan fingerprint density at radius 1 is 1.62 bits per heavy atom. The Bertz CT molecular complexity index is 422. The van der Waals surface area contributed by atoms with Crippen molar-refractivity contribution in [3.63, 3.8) is 0 Å². The van der Waals surface area contributed by atoms with Gasteiger partial charge in [-0.2, -0.15) is 0 Å². The third kappa shape index (κ3) is 1.12. The van der Waals surface area contributed by atoms with Crippen molar-refractivity contribution in [2.45, 2.75) is 19.4 Å². The van der Waals surface area contributed by atoms with Crippen molar-refractivity contribution in [1.29, 1.82) is 0 Å². The molecule has 0 unspecified atom stereocenters. The van der Waals surface area contributed by atoms with E-state index >= 15 is 0 Å². The van der Waals surface area contributed by atoms with Crippen LogP contribution in [0.4, 0.5) is 0 Å². The molecule has 0 atom stereocenters. The molecule has 0 radical (unpaired) electrons. The van der Waals surface area contributed by atoms with Gasteiger partial charge in [0.25, 0.3) is 11.5 Å². The van der Waals surface area contributed by atoms with Gasteiger partial charge in [0.2, 0.25) is 0 Å². The van der Waals surface area contributed by atoms with Crippen LogP contribution in [0.15, 0.2) is 11.0 Å². The molecule has 1 aliphatic rings. The normalized spacial score (nSPS) is 14.2. The molecule has 0 fully saturated rings. The van der Waals surface area contributed by atoms with E-state index in [1.165, 1.54) is 10.8 Å². The number of primary amides is 1. The Labute approximate surface area is 74.2 Å². The fourth-order valence-corrected chi connectivity index (χ4v) is 1.52. The first-order valence-electron chi connectivity index (χ1n) is 4.08. The summed E-state index contributed by atoms with van der Waals surface area (Å²) in [6, 6.07) is 0. The van der Waals surface area contributed by atoms with E-state index in [9.17, 15) is 9.59 Å².